The number of amides is 2. The first kappa shape index (κ1) is 22.0. The van der Waals surface area contributed by atoms with Crippen LogP contribution in [0.3, 0.4) is 0 Å². The molecule has 0 spiro atoms. The van der Waals surface area contributed by atoms with E-state index in [-0.39, 0.29) is 12.3 Å². The zero-order valence-electron chi connectivity index (χ0n) is 14.0. The van der Waals surface area contributed by atoms with Gasteiger partial charge in [-0.25, -0.2) is 4.99 Å². The highest BCUT2D eigenvalue weighted by Gasteiger charge is 2.38. The molecule has 1 aliphatic heterocycles. The van der Waals surface area contributed by atoms with Crippen LogP contribution in [0, 0.1) is 0 Å². The Morgan fingerprint density at radius 1 is 1.04 bits per heavy atom. The van der Waals surface area contributed by atoms with E-state index >= 15 is 0 Å². The molecule has 0 saturated heterocycles. The van der Waals surface area contributed by atoms with Crippen molar-refractivity contribution in [1.82, 2.24) is 10.2 Å². The van der Waals surface area contributed by atoms with Gasteiger partial charge in [0.1, 0.15) is 22.5 Å². The molecule has 12 nitrogen and oxygen atoms in total. The Hall–Kier alpha value is -2.09. The highest BCUT2D eigenvalue weighted by molar-refractivity contribution is 6.40. The number of nitrogens with one attached hydrogen (secondary N) is 1. The molecule has 148 valence electrons. The molecule has 0 fully saturated rings. The summed E-state index contributed by atoms with van der Waals surface area (Å²) in [6.07, 6.45) is 1.08. The van der Waals surface area contributed by atoms with Crippen LogP contribution >= 0.6 is 0 Å². The lowest BCUT2D eigenvalue weighted by Gasteiger charge is -2.41. The van der Waals surface area contributed by atoms with Gasteiger partial charge in [0.2, 0.25) is 0 Å². The predicted molar refractivity (Wildman–Crippen MR) is 87.5 cm³/mol. The average molecular weight is 376 g/mol. The van der Waals surface area contributed by atoms with Gasteiger partial charge in [-0.1, -0.05) is 0 Å². The van der Waals surface area contributed by atoms with Crippen LogP contribution in [-0.2, 0) is 9.59 Å². The van der Waals surface area contributed by atoms with Crippen LogP contribution < -0.4 is 11.1 Å². The Bertz CT molecular complexity index is 567. The van der Waals surface area contributed by atoms with Crippen molar-refractivity contribution >= 4 is 17.5 Å². The minimum Gasteiger partial charge on any atom is -0.394 e. The lowest BCUT2D eigenvalue weighted by atomic mass is 9.99. The molecule has 0 aromatic heterocycles. The van der Waals surface area contributed by atoms with Gasteiger partial charge in [-0.15, -0.1) is 0 Å². The Kier molecular flexibility index (Phi) is 7.62. The largest absolute Gasteiger partial charge is 0.394 e. The van der Waals surface area contributed by atoms with Crippen molar-refractivity contribution in [3.8, 4) is 0 Å². The van der Waals surface area contributed by atoms with Crippen LogP contribution in [0.4, 0.5) is 0 Å². The van der Waals surface area contributed by atoms with E-state index < -0.39 is 68.2 Å². The van der Waals surface area contributed by atoms with E-state index in [2.05, 4.69) is 10.3 Å². The topological polar surface area (TPSA) is 209 Å². The first-order valence-corrected chi connectivity index (χ1v) is 7.60. The van der Waals surface area contributed by atoms with E-state index in [0.29, 0.717) is 0 Å². The van der Waals surface area contributed by atoms with Gasteiger partial charge in [0.15, 0.2) is 0 Å². The van der Waals surface area contributed by atoms with Gasteiger partial charge in [-0.2, -0.15) is 0 Å². The number of carbonyl (C=O) groups excluding carboxylic acids is 2. The Morgan fingerprint density at radius 3 is 1.92 bits per heavy atom. The molecular weight excluding hydrogens is 352 g/mol. The summed E-state index contributed by atoms with van der Waals surface area (Å²) >= 11 is 0. The summed E-state index contributed by atoms with van der Waals surface area (Å²) in [6, 6.07) is 0. The van der Waals surface area contributed by atoms with Gasteiger partial charge in [0.25, 0.3) is 11.8 Å². The third kappa shape index (κ3) is 4.35. The quantitative estimate of drug-likeness (QED) is 0.183. The molecule has 12 heteroatoms. The number of nitrogens with two attached hydrogens (primary N) is 1. The van der Waals surface area contributed by atoms with Crippen molar-refractivity contribution < 1.29 is 40.2 Å². The molecule has 0 aliphatic carbocycles. The second-order valence-corrected chi connectivity index (χ2v) is 5.97. The molecule has 1 heterocycles. The summed E-state index contributed by atoms with van der Waals surface area (Å²) in [5, 5.41) is 58.7. The monoisotopic (exact) mass is 376 g/mol. The van der Waals surface area contributed by atoms with Crippen molar-refractivity contribution in [2.45, 2.75) is 11.1 Å². The fourth-order valence-electron chi connectivity index (χ4n) is 2.11. The molecular formula is C14H24N4O8. The summed E-state index contributed by atoms with van der Waals surface area (Å²) in [5.41, 5.74) is 1.20. The average Bonchev–Trinajstić information content (AvgIpc) is 2.67. The first-order chi connectivity index (χ1) is 12.3. The van der Waals surface area contributed by atoms with Crippen molar-refractivity contribution in [2.75, 3.05) is 46.2 Å². The number of aliphatic hydroxyl groups excluding tert-OH is 6. The molecule has 26 heavy (non-hydrogen) atoms. The van der Waals surface area contributed by atoms with E-state index in [1.165, 1.54) is 0 Å². The van der Waals surface area contributed by atoms with Gasteiger partial charge in [0.05, 0.1) is 46.2 Å². The summed E-state index contributed by atoms with van der Waals surface area (Å²) < 4.78 is 0. The lowest BCUT2D eigenvalue weighted by Crippen LogP contribution is -2.59. The Balaban J connectivity index is 3.27. The third-order valence-corrected chi connectivity index (χ3v) is 4.15. The molecule has 1 rings (SSSR count). The Morgan fingerprint density at radius 2 is 1.54 bits per heavy atom. The minimum absolute atomic E-state index is 0.278. The second kappa shape index (κ2) is 9.02. The lowest BCUT2D eigenvalue weighted by molar-refractivity contribution is -0.122. The number of aliphatic hydroxyl groups is 6. The smallest absolute Gasteiger partial charge is 0.272 e. The highest BCUT2D eigenvalue weighted by atomic mass is 16.3. The SMILES string of the molecule is NC(=O)C1=NC(C(=O)NC(CO)(CO)CO)=CN(C(CO)(CO)CO)C1. The summed E-state index contributed by atoms with van der Waals surface area (Å²) in [7, 11) is 0. The summed E-state index contributed by atoms with van der Waals surface area (Å²) in [4.78, 5) is 28.9. The molecule has 2 amide bonds. The van der Waals surface area contributed by atoms with E-state index in [4.69, 9.17) is 5.73 Å². The molecule has 0 radical (unpaired) electrons. The van der Waals surface area contributed by atoms with E-state index in [9.17, 15) is 40.2 Å². The van der Waals surface area contributed by atoms with Crippen LogP contribution in [0.25, 0.3) is 0 Å². The molecule has 0 bridgehead atoms. The molecule has 0 aromatic rings. The van der Waals surface area contributed by atoms with Gasteiger partial charge in [-0.3, -0.25) is 9.59 Å². The van der Waals surface area contributed by atoms with Crippen LogP contribution in [0.2, 0.25) is 0 Å². The number of hydrogen-bond donors (Lipinski definition) is 8. The standard InChI is InChI=1S/C14H24N4O8/c15-11(25)9-1-18(14(6-22,7-23)8-24)2-10(16-9)12(26)17-13(3-19,4-20)5-21/h2,19-24H,1,3-8H2,(H2,15,25)(H,17,26). The number of rotatable bonds is 10. The van der Waals surface area contributed by atoms with Crippen LogP contribution in [0.1, 0.15) is 0 Å². The fourth-order valence-corrected chi connectivity index (χ4v) is 2.11. The normalized spacial score (nSPS) is 15.4. The fraction of sp³-hybridized carbons (Fsp3) is 0.643. The van der Waals surface area contributed by atoms with Gasteiger partial charge < -0.3 is 46.6 Å². The molecule has 0 atom stereocenters. The maximum atomic E-state index is 12.4. The maximum Gasteiger partial charge on any atom is 0.272 e. The zero-order chi connectivity index (χ0) is 20.0. The van der Waals surface area contributed by atoms with Crippen LogP contribution in [-0.4, -0.2) is 110 Å². The van der Waals surface area contributed by atoms with Crippen LogP contribution in [0.15, 0.2) is 16.9 Å². The second-order valence-electron chi connectivity index (χ2n) is 5.97. The first-order valence-electron chi connectivity index (χ1n) is 7.60. The third-order valence-electron chi connectivity index (χ3n) is 4.15. The van der Waals surface area contributed by atoms with Crippen LogP contribution in [0.5, 0.6) is 0 Å². The van der Waals surface area contributed by atoms with Crippen molar-refractivity contribution in [1.29, 1.82) is 0 Å². The molecule has 9 N–H and O–H groups in total. The number of primary amides is 1. The zero-order valence-corrected chi connectivity index (χ0v) is 14.0. The molecule has 0 saturated carbocycles. The number of carbonyl (C=O) groups is 2. The predicted octanol–water partition coefficient (Wildman–Crippen LogP) is -5.38. The summed E-state index contributed by atoms with van der Waals surface area (Å²) in [6.45, 7) is -4.71. The number of nitrogens with zero attached hydrogens (tertiary/aromatic N) is 2. The van der Waals surface area contributed by atoms with Crippen molar-refractivity contribution in [3.05, 3.63) is 11.9 Å². The summed E-state index contributed by atoms with van der Waals surface area (Å²) in [5.74, 6) is -1.93. The maximum absolute atomic E-state index is 12.4. The Labute approximate surface area is 148 Å². The van der Waals surface area contributed by atoms with E-state index in [1.54, 1.807) is 0 Å². The van der Waals surface area contributed by atoms with Gasteiger partial charge in [-0.05, 0) is 0 Å². The van der Waals surface area contributed by atoms with Gasteiger partial charge >= 0.3 is 0 Å². The molecule has 0 aromatic carbocycles. The van der Waals surface area contributed by atoms with E-state index in [0.717, 1.165) is 11.1 Å². The van der Waals surface area contributed by atoms with Crippen molar-refractivity contribution in [2.24, 2.45) is 10.7 Å². The highest BCUT2D eigenvalue weighted by Crippen LogP contribution is 2.21. The molecule has 0 unspecified atom stereocenters. The minimum atomic E-state index is -1.73. The van der Waals surface area contributed by atoms with Gasteiger partial charge in [0, 0.05) is 6.20 Å². The van der Waals surface area contributed by atoms with E-state index in [1.807, 2.05) is 0 Å². The number of aliphatic imine (C=N–C) groups is 1. The molecule has 1 aliphatic rings. The van der Waals surface area contributed by atoms with Crippen molar-refractivity contribution in [3.63, 3.8) is 0 Å². The number of hydrogen-bond acceptors (Lipinski definition) is 10.